The van der Waals surface area contributed by atoms with E-state index in [4.69, 9.17) is 102 Å². The molecule has 2 nitrogen and oxygen atoms in total. The lowest BCUT2D eigenvalue weighted by Gasteiger charge is -2.25. The Morgan fingerprint density at radius 2 is 0.500 bits per heavy atom. The summed E-state index contributed by atoms with van der Waals surface area (Å²) in [5, 5.41) is 0.0977. The van der Waals surface area contributed by atoms with Gasteiger partial charge in [-0.15, -0.1) is 0 Å². The molecule has 1 heterocycles. The van der Waals surface area contributed by atoms with Crippen LogP contribution in [-0.4, -0.2) is 0 Å². The molecule has 0 aromatic heterocycles. The molecule has 0 amide bonds. The van der Waals surface area contributed by atoms with Crippen LogP contribution in [0.25, 0.3) is 0 Å². The van der Waals surface area contributed by atoms with Gasteiger partial charge in [-0.25, -0.2) is 0 Å². The smallest absolute Gasteiger partial charge is 0.191 e. The van der Waals surface area contributed by atoms with Gasteiger partial charge in [0.1, 0.15) is 20.1 Å². The molecule has 2 aromatic rings. The van der Waals surface area contributed by atoms with E-state index in [-0.39, 0.29) is 63.2 Å². The van der Waals surface area contributed by atoms with Crippen LogP contribution >= 0.6 is 92.8 Å². The Labute approximate surface area is 164 Å². The molecule has 0 bridgehead atoms. The number of hydrogen-bond donors (Lipinski definition) is 0. The normalized spacial score (nSPS) is 12.4. The Bertz CT molecular complexity index is 698. The molecular weight excluding hydrogens is 460 g/mol. The molecule has 3 rings (SSSR count). The summed E-state index contributed by atoms with van der Waals surface area (Å²) < 4.78 is 11.3. The van der Waals surface area contributed by atoms with E-state index in [2.05, 4.69) is 0 Å². The number of ether oxygens (including phenoxy) is 2. The molecule has 0 unspecified atom stereocenters. The molecule has 1 aliphatic heterocycles. The van der Waals surface area contributed by atoms with Crippen LogP contribution in [0.2, 0.25) is 40.2 Å². The van der Waals surface area contributed by atoms with E-state index < -0.39 is 0 Å². The Morgan fingerprint density at radius 1 is 0.318 bits per heavy atom. The van der Waals surface area contributed by atoms with Crippen LogP contribution in [0.15, 0.2) is 0 Å². The van der Waals surface area contributed by atoms with Crippen LogP contribution in [0.4, 0.5) is 0 Å². The third kappa shape index (κ3) is 2.40. The molecule has 1 aliphatic rings. The predicted octanol–water partition coefficient (Wildman–Crippen LogP) is 8.81. The SMILES string of the molecule is Clc1c(Cl)c(Cl)c2c(c1Cl)Oc1c(Cl)c(Cl)c(Cl)c(Cl)c1O2. The van der Waals surface area contributed by atoms with Crippen molar-refractivity contribution in [2.45, 2.75) is 0 Å². The van der Waals surface area contributed by atoms with E-state index in [9.17, 15) is 0 Å². The van der Waals surface area contributed by atoms with E-state index in [0.717, 1.165) is 0 Å². The first-order valence-corrected chi connectivity index (χ1v) is 8.35. The van der Waals surface area contributed by atoms with Crippen molar-refractivity contribution in [3.63, 3.8) is 0 Å². The second-order valence-electron chi connectivity index (χ2n) is 4.03. The molecule has 0 atom stereocenters. The van der Waals surface area contributed by atoms with Crippen molar-refractivity contribution >= 4 is 92.8 Å². The maximum absolute atomic E-state index is 6.10. The molecule has 0 saturated heterocycles. The zero-order chi connectivity index (χ0) is 16.3. The van der Waals surface area contributed by atoms with Gasteiger partial charge in [0, 0.05) is 0 Å². The van der Waals surface area contributed by atoms with Crippen molar-refractivity contribution in [1.29, 1.82) is 0 Å². The van der Waals surface area contributed by atoms with E-state index >= 15 is 0 Å². The number of hydrogen-bond acceptors (Lipinski definition) is 2. The molecule has 2 aromatic carbocycles. The highest BCUT2D eigenvalue weighted by Gasteiger charge is 2.33. The highest BCUT2D eigenvalue weighted by atomic mass is 35.5. The Balaban J connectivity index is 2.32. The Hall–Kier alpha value is 0.360. The van der Waals surface area contributed by atoms with Crippen molar-refractivity contribution in [3.05, 3.63) is 40.2 Å². The minimum atomic E-state index is 0.00924. The van der Waals surface area contributed by atoms with E-state index in [0.29, 0.717) is 0 Å². The van der Waals surface area contributed by atoms with Crippen molar-refractivity contribution in [1.82, 2.24) is 0 Å². The fourth-order valence-electron chi connectivity index (χ4n) is 1.75. The number of fused-ring (bicyclic) bond motifs is 2. The standard InChI is InChI=1S/C12Cl8O2/c13-1-2(14)6(18)10-9(5(1)17)21-11-7(19)3(15)4(16)8(20)12(11)22-10. The fourth-order valence-corrected chi connectivity index (χ4v) is 3.54. The molecule has 116 valence electrons. The lowest BCUT2D eigenvalue weighted by Crippen LogP contribution is -2.03. The summed E-state index contributed by atoms with van der Waals surface area (Å²) in [7, 11) is 0. The quantitative estimate of drug-likeness (QED) is 0.247. The molecule has 22 heavy (non-hydrogen) atoms. The molecule has 0 radical (unpaired) electrons. The summed E-state index contributed by atoms with van der Waals surface area (Å²) in [6.07, 6.45) is 0. The highest BCUT2D eigenvalue weighted by molar-refractivity contribution is 6.54. The van der Waals surface area contributed by atoms with Gasteiger partial charge >= 0.3 is 0 Å². The Morgan fingerprint density at radius 3 is 0.682 bits per heavy atom. The molecule has 0 spiro atoms. The minimum Gasteiger partial charge on any atom is -0.446 e. The summed E-state index contributed by atoms with van der Waals surface area (Å²) in [6, 6.07) is 0. The zero-order valence-electron chi connectivity index (χ0n) is 9.84. The summed E-state index contributed by atoms with van der Waals surface area (Å²) in [5.74, 6) is 0.185. The third-order valence-electron chi connectivity index (χ3n) is 2.77. The number of halogens is 8. The van der Waals surface area contributed by atoms with Crippen LogP contribution in [-0.2, 0) is 0 Å². The van der Waals surface area contributed by atoms with Gasteiger partial charge in [-0.3, -0.25) is 0 Å². The molecular formula is C12Cl8O2. The topological polar surface area (TPSA) is 18.5 Å². The number of benzene rings is 2. The first-order chi connectivity index (χ1) is 10.3. The van der Waals surface area contributed by atoms with Crippen LogP contribution < -0.4 is 9.47 Å². The van der Waals surface area contributed by atoms with Crippen LogP contribution in [0, 0.1) is 0 Å². The maximum atomic E-state index is 6.10. The summed E-state index contributed by atoms with van der Waals surface area (Å²) in [6.45, 7) is 0. The highest BCUT2D eigenvalue weighted by Crippen LogP contribution is 2.61. The number of rotatable bonds is 0. The van der Waals surface area contributed by atoms with Gasteiger partial charge in [-0.05, 0) is 0 Å². The molecule has 0 aliphatic carbocycles. The van der Waals surface area contributed by atoms with Gasteiger partial charge in [0.15, 0.2) is 23.0 Å². The second-order valence-corrected chi connectivity index (χ2v) is 7.06. The molecule has 0 saturated carbocycles. The first-order valence-electron chi connectivity index (χ1n) is 5.33. The van der Waals surface area contributed by atoms with Crippen LogP contribution in [0.3, 0.4) is 0 Å². The second kappa shape index (κ2) is 6.02. The van der Waals surface area contributed by atoms with E-state index in [1.54, 1.807) is 0 Å². The van der Waals surface area contributed by atoms with Gasteiger partial charge in [0.05, 0.1) is 20.1 Å². The van der Waals surface area contributed by atoms with Gasteiger partial charge in [0.25, 0.3) is 0 Å². The monoisotopic (exact) mass is 456 g/mol. The molecule has 0 N–H and O–H groups in total. The average molecular weight is 460 g/mol. The van der Waals surface area contributed by atoms with Gasteiger partial charge in [-0.1, -0.05) is 92.8 Å². The average Bonchev–Trinajstić information content (AvgIpc) is 2.52. The largest absolute Gasteiger partial charge is 0.446 e. The maximum Gasteiger partial charge on any atom is 0.191 e. The lowest BCUT2D eigenvalue weighted by atomic mass is 10.2. The van der Waals surface area contributed by atoms with Crippen molar-refractivity contribution in [2.24, 2.45) is 0 Å². The first kappa shape index (κ1) is 17.2. The van der Waals surface area contributed by atoms with Crippen molar-refractivity contribution in [3.8, 4) is 23.0 Å². The Kier molecular flexibility index (Phi) is 4.70. The minimum absolute atomic E-state index is 0.00924. The third-order valence-corrected chi connectivity index (χ3v) is 6.31. The molecule has 0 fully saturated rings. The summed E-state index contributed by atoms with van der Waals surface area (Å²) >= 11 is 48.3. The van der Waals surface area contributed by atoms with E-state index in [1.165, 1.54) is 0 Å². The van der Waals surface area contributed by atoms with Gasteiger partial charge < -0.3 is 9.47 Å². The summed E-state index contributed by atoms with van der Waals surface area (Å²) in [5.41, 5.74) is 0. The molecule has 10 heteroatoms. The zero-order valence-corrected chi connectivity index (χ0v) is 15.9. The summed E-state index contributed by atoms with van der Waals surface area (Å²) in [4.78, 5) is 0. The fraction of sp³-hybridized carbons (Fsp3) is 0. The van der Waals surface area contributed by atoms with Crippen LogP contribution in [0.1, 0.15) is 0 Å². The van der Waals surface area contributed by atoms with E-state index in [1.807, 2.05) is 0 Å². The lowest BCUT2D eigenvalue weighted by molar-refractivity contribution is 0.360. The van der Waals surface area contributed by atoms with Crippen molar-refractivity contribution < 1.29 is 9.47 Å². The van der Waals surface area contributed by atoms with Gasteiger partial charge in [0.2, 0.25) is 0 Å². The van der Waals surface area contributed by atoms with Crippen molar-refractivity contribution in [2.75, 3.05) is 0 Å². The van der Waals surface area contributed by atoms with Gasteiger partial charge in [-0.2, -0.15) is 0 Å². The van der Waals surface area contributed by atoms with Crippen LogP contribution in [0.5, 0.6) is 23.0 Å². The predicted molar refractivity (Wildman–Crippen MR) is 93.1 cm³/mol.